The van der Waals surface area contributed by atoms with Gasteiger partial charge in [0.05, 0.1) is 21.8 Å². The van der Waals surface area contributed by atoms with Gasteiger partial charge in [0.1, 0.15) is 11.6 Å². The summed E-state index contributed by atoms with van der Waals surface area (Å²) in [6.07, 6.45) is 0. The molecule has 0 radical (unpaired) electrons. The third kappa shape index (κ3) is 2.56. The van der Waals surface area contributed by atoms with E-state index in [1.807, 2.05) is 13.0 Å². The van der Waals surface area contributed by atoms with E-state index in [9.17, 15) is 4.39 Å². The highest BCUT2D eigenvalue weighted by Gasteiger charge is 2.22. The second-order valence-corrected chi connectivity index (χ2v) is 6.85. The Balaban J connectivity index is 2.52. The van der Waals surface area contributed by atoms with Crippen LogP contribution in [0, 0.1) is 12.7 Å². The molecule has 0 spiro atoms. The maximum Gasteiger partial charge on any atom is 0.131 e. The smallest absolute Gasteiger partial charge is 0.131 e. The summed E-state index contributed by atoms with van der Waals surface area (Å²) in [5.41, 5.74) is 1.28. The maximum atomic E-state index is 13.9. The normalized spacial score (nSPS) is 12.5. The van der Waals surface area contributed by atoms with Crippen LogP contribution in [0.15, 0.2) is 28.1 Å². The Morgan fingerprint density at radius 2 is 2.17 bits per heavy atom. The van der Waals surface area contributed by atoms with Crippen molar-refractivity contribution in [1.82, 2.24) is 0 Å². The number of aryl methyl sites for hydroxylation is 1. The number of alkyl halides is 1. The van der Waals surface area contributed by atoms with Crippen LogP contribution in [0.1, 0.15) is 21.4 Å². The third-order valence-electron chi connectivity index (χ3n) is 2.69. The highest BCUT2D eigenvalue weighted by molar-refractivity contribution is 9.11. The summed E-state index contributed by atoms with van der Waals surface area (Å²) in [4.78, 5) is 1.06. The number of halogens is 3. The number of methoxy groups -OCH3 is 1. The molecule has 5 heteroatoms. The van der Waals surface area contributed by atoms with Gasteiger partial charge in [-0.25, -0.2) is 4.39 Å². The first-order valence-corrected chi connectivity index (χ1v) is 7.31. The van der Waals surface area contributed by atoms with Crippen LogP contribution in [0.5, 0.6) is 5.75 Å². The molecule has 0 N–H and O–H groups in total. The minimum atomic E-state index is -0.552. The number of thiophene rings is 1. The van der Waals surface area contributed by atoms with E-state index < -0.39 is 5.38 Å². The number of benzene rings is 1. The van der Waals surface area contributed by atoms with E-state index in [0.717, 1.165) is 14.2 Å². The third-order valence-corrected chi connectivity index (χ3v) is 4.71. The molecule has 1 nitrogen and oxygen atoms in total. The van der Waals surface area contributed by atoms with Crippen LogP contribution < -0.4 is 4.74 Å². The van der Waals surface area contributed by atoms with Crippen molar-refractivity contribution in [3.63, 3.8) is 0 Å². The molecule has 1 aromatic heterocycles. The molecule has 0 aliphatic carbocycles. The van der Waals surface area contributed by atoms with E-state index in [-0.39, 0.29) is 5.82 Å². The second-order valence-electron chi connectivity index (χ2n) is 3.78. The summed E-state index contributed by atoms with van der Waals surface area (Å²) in [5.74, 6) is 0.118. The molecular formula is C13H11BrClFOS. The van der Waals surface area contributed by atoms with E-state index in [1.165, 1.54) is 13.2 Å². The van der Waals surface area contributed by atoms with E-state index in [0.29, 0.717) is 11.3 Å². The molecule has 1 unspecified atom stereocenters. The summed E-state index contributed by atoms with van der Waals surface area (Å²) >= 11 is 11.4. The lowest BCUT2D eigenvalue weighted by Crippen LogP contribution is -2.01. The molecule has 0 fully saturated rings. The number of hydrogen-bond acceptors (Lipinski definition) is 2. The zero-order valence-corrected chi connectivity index (χ0v) is 13.0. The van der Waals surface area contributed by atoms with Crippen LogP contribution in [0.3, 0.4) is 0 Å². The first-order chi connectivity index (χ1) is 8.54. The lowest BCUT2D eigenvalue weighted by molar-refractivity contribution is 0.405. The molecular weight excluding hydrogens is 339 g/mol. The molecule has 0 saturated heterocycles. The average molecular weight is 350 g/mol. The largest absolute Gasteiger partial charge is 0.496 e. The predicted octanol–water partition coefficient (Wildman–Crippen LogP) is 5.29. The van der Waals surface area contributed by atoms with Crippen molar-refractivity contribution in [3.05, 3.63) is 49.9 Å². The van der Waals surface area contributed by atoms with Gasteiger partial charge in [0.25, 0.3) is 0 Å². The Bertz CT molecular complexity index is 570. The molecule has 2 rings (SSSR count). The van der Waals surface area contributed by atoms with Crippen LogP contribution in [0.2, 0.25) is 0 Å². The fourth-order valence-electron chi connectivity index (χ4n) is 1.81. The van der Waals surface area contributed by atoms with Crippen molar-refractivity contribution in [2.24, 2.45) is 0 Å². The molecule has 0 bridgehead atoms. The van der Waals surface area contributed by atoms with Gasteiger partial charge in [-0.1, -0.05) is 6.07 Å². The fraction of sp³-hybridized carbons (Fsp3) is 0.231. The number of hydrogen-bond donors (Lipinski definition) is 0. The van der Waals surface area contributed by atoms with Gasteiger partial charge in [0.15, 0.2) is 0 Å². The minimum Gasteiger partial charge on any atom is -0.496 e. The van der Waals surface area contributed by atoms with Crippen molar-refractivity contribution in [3.8, 4) is 5.75 Å². The highest BCUT2D eigenvalue weighted by Crippen LogP contribution is 2.41. The first kappa shape index (κ1) is 13.8. The zero-order chi connectivity index (χ0) is 13.3. The standard InChI is InChI=1S/C13H11BrClFOS/c1-7-8(6-11(14)18-7)13(15)12-9(16)4-3-5-10(12)17-2/h3-6,13H,1-2H3. The van der Waals surface area contributed by atoms with Crippen molar-refractivity contribution < 1.29 is 9.13 Å². The SMILES string of the molecule is COc1cccc(F)c1C(Cl)c1cc(Br)sc1C. The molecule has 1 atom stereocenters. The van der Waals surface area contributed by atoms with Gasteiger partial charge >= 0.3 is 0 Å². The van der Waals surface area contributed by atoms with Crippen molar-refractivity contribution in [1.29, 1.82) is 0 Å². The molecule has 18 heavy (non-hydrogen) atoms. The summed E-state index contributed by atoms with van der Waals surface area (Å²) in [7, 11) is 1.51. The Kier molecular flexibility index (Phi) is 4.30. The topological polar surface area (TPSA) is 9.23 Å². The van der Waals surface area contributed by atoms with E-state index in [1.54, 1.807) is 23.5 Å². The summed E-state index contributed by atoms with van der Waals surface area (Å²) in [6.45, 7) is 1.97. The second kappa shape index (κ2) is 5.59. The van der Waals surface area contributed by atoms with Crippen LogP contribution in [-0.4, -0.2) is 7.11 Å². The molecule has 1 heterocycles. The monoisotopic (exact) mass is 348 g/mol. The van der Waals surface area contributed by atoms with Crippen molar-refractivity contribution in [2.75, 3.05) is 7.11 Å². The van der Waals surface area contributed by atoms with Crippen LogP contribution >= 0.6 is 38.9 Å². The minimum absolute atomic E-state index is 0.351. The van der Waals surface area contributed by atoms with Crippen molar-refractivity contribution >= 4 is 38.9 Å². The quantitative estimate of drug-likeness (QED) is 0.684. The van der Waals surface area contributed by atoms with Gasteiger partial charge in [-0.15, -0.1) is 22.9 Å². The Hall–Kier alpha value is -0.580. The average Bonchev–Trinajstić information content (AvgIpc) is 2.67. The number of rotatable bonds is 3. The lowest BCUT2D eigenvalue weighted by atomic mass is 10.0. The molecule has 0 aliphatic heterocycles. The van der Waals surface area contributed by atoms with E-state index >= 15 is 0 Å². The molecule has 96 valence electrons. The Labute approximate surface area is 123 Å². The number of ether oxygens (including phenoxy) is 1. The van der Waals surface area contributed by atoms with Gasteiger partial charge in [-0.05, 0) is 46.6 Å². The maximum absolute atomic E-state index is 13.9. The molecule has 1 aromatic carbocycles. The highest BCUT2D eigenvalue weighted by atomic mass is 79.9. The van der Waals surface area contributed by atoms with E-state index in [4.69, 9.17) is 16.3 Å². The molecule has 0 aliphatic rings. The molecule has 2 aromatic rings. The first-order valence-electron chi connectivity index (χ1n) is 5.27. The summed E-state index contributed by atoms with van der Waals surface area (Å²) in [5, 5.41) is -0.552. The van der Waals surface area contributed by atoms with Gasteiger partial charge in [-0.3, -0.25) is 0 Å². The Morgan fingerprint density at radius 1 is 1.44 bits per heavy atom. The van der Waals surface area contributed by atoms with Gasteiger partial charge in [0, 0.05) is 4.88 Å². The zero-order valence-electron chi connectivity index (χ0n) is 9.84. The summed E-state index contributed by atoms with van der Waals surface area (Å²) in [6, 6.07) is 6.63. The van der Waals surface area contributed by atoms with Gasteiger partial charge in [-0.2, -0.15) is 0 Å². The summed E-state index contributed by atoms with van der Waals surface area (Å²) < 4.78 is 20.1. The van der Waals surface area contributed by atoms with E-state index in [2.05, 4.69) is 15.9 Å². The molecule has 0 saturated carbocycles. The molecule has 0 amide bonds. The van der Waals surface area contributed by atoms with Gasteiger partial charge in [0.2, 0.25) is 0 Å². The lowest BCUT2D eigenvalue weighted by Gasteiger charge is -2.14. The fourth-order valence-corrected chi connectivity index (χ4v) is 4.06. The van der Waals surface area contributed by atoms with Crippen LogP contribution in [0.4, 0.5) is 4.39 Å². The van der Waals surface area contributed by atoms with Crippen LogP contribution in [-0.2, 0) is 0 Å². The Morgan fingerprint density at radius 3 is 2.72 bits per heavy atom. The van der Waals surface area contributed by atoms with Crippen LogP contribution in [0.25, 0.3) is 0 Å². The predicted molar refractivity (Wildman–Crippen MR) is 77.4 cm³/mol. The van der Waals surface area contributed by atoms with Gasteiger partial charge < -0.3 is 4.74 Å². The van der Waals surface area contributed by atoms with Crippen molar-refractivity contribution in [2.45, 2.75) is 12.3 Å².